The molecule has 0 radical (unpaired) electrons. The largest absolute Gasteiger partial charge is 0.495 e. The van der Waals surface area contributed by atoms with Crippen LogP contribution in [0, 0.1) is 0 Å². The Morgan fingerprint density at radius 3 is 2.67 bits per heavy atom. The standard InChI is InChI=1S/C29H36ClFN6OS/c1-36(39-3)26-10-5-4-9-24(26)33-28-23(30)18-32-29(35-28)34-25-16-19-7-6-8-22(15-20(19)17-27(25)38-2)37-13-11-21(31)12-14-37/h4-5,9-10,16-18,21-22H,6-8,11-15H2,1-3H3,(H2,32,33,34,35). The Labute approximate surface area is 239 Å². The number of ether oxygens (including phenoxy) is 1. The zero-order chi connectivity index (χ0) is 27.4. The van der Waals surface area contributed by atoms with Gasteiger partial charge in [-0.15, -0.1) is 0 Å². The third-order valence-electron chi connectivity index (χ3n) is 7.70. The topological polar surface area (TPSA) is 65.5 Å². The Bertz CT molecular complexity index is 1290. The first kappa shape index (κ1) is 27.8. The number of methoxy groups -OCH3 is 1. The number of nitrogens with zero attached hydrogens (tertiary/aromatic N) is 4. The molecule has 0 spiro atoms. The van der Waals surface area contributed by atoms with Crippen molar-refractivity contribution in [3.8, 4) is 5.75 Å². The molecule has 1 aliphatic heterocycles. The number of anilines is 5. The minimum absolute atomic E-state index is 0.427. The highest BCUT2D eigenvalue weighted by atomic mass is 35.5. The molecule has 10 heteroatoms. The van der Waals surface area contributed by atoms with Gasteiger partial charge in [-0.05, 0) is 73.9 Å². The van der Waals surface area contributed by atoms with Gasteiger partial charge in [0.1, 0.15) is 16.9 Å². The number of alkyl halides is 1. The fourth-order valence-corrected chi connectivity index (χ4v) is 5.99. The highest BCUT2D eigenvalue weighted by molar-refractivity contribution is 7.99. The van der Waals surface area contributed by atoms with E-state index >= 15 is 0 Å². The molecule has 39 heavy (non-hydrogen) atoms. The number of rotatable bonds is 8. The molecule has 0 bridgehead atoms. The molecule has 1 unspecified atom stereocenters. The number of likely N-dealkylation sites (tertiary alicyclic amines) is 1. The third-order valence-corrected chi connectivity index (χ3v) is 8.72. The van der Waals surface area contributed by atoms with E-state index in [0.29, 0.717) is 35.7 Å². The van der Waals surface area contributed by atoms with Crippen molar-refractivity contribution >= 4 is 52.4 Å². The molecule has 0 amide bonds. The minimum atomic E-state index is -0.648. The SMILES string of the molecule is COc1cc2c(cc1Nc1ncc(Cl)c(Nc3ccccc3N(C)SC)n1)CCCC(N1CCC(F)CC1)C2. The lowest BCUT2D eigenvalue weighted by Crippen LogP contribution is -2.42. The molecule has 208 valence electrons. The molecular weight excluding hydrogens is 535 g/mol. The van der Waals surface area contributed by atoms with E-state index in [1.54, 1.807) is 25.3 Å². The summed E-state index contributed by atoms with van der Waals surface area (Å²) in [5.74, 6) is 1.69. The Hall–Kier alpha value is -2.75. The normalized spacial score (nSPS) is 18.2. The van der Waals surface area contributed by atoms with Crippen LogP contribution in [0.2, 0.25) is 5.02 Å². The fourth-order valence-electron chi connectivity index (χ4n) is 5.50. The lowest BCUT2D eigenvalue weighted by atomic mass is 9.98. The van der Waals surface area contributed by atoms with Crippen molar-refractivity contribution in [2.24, 2.45) is 0 Å². The maximum atomic E-state index is 13.7. The number of hydrogen-bond donors (Lipinski definition) is 2. The number of aryl methyl sites for hydroxylation is 1. The van der Waals surface area contributed by atoms with Gasteiger partial charge in [0.2, 0.25) is 5.95 Å². The van der Waals surface area contributed by atoms with Gasteiger partial charge in [0, 0.05) is 32.4 Å². The molecule has 2 aromatic carbocycles. The van der Waals surface area contributed by atoms with E-state index in [-0.39, 0.29) is 0 Å². The van der Waals surface area contributed by atoms with Crippen LogP contribution in [0.25, 0.3) is 0 Å². The Morgan fingerprint density at radius 1 is 1.10 bits per heavy atom. The van der Waals surface area contributed by atoms with Crippen molar-refractivity contribution < 1.29 is 9.13 Å². The number of hydrogen-bond acceptors (Lipinski definition) is 8. The first-order chi connectivity index (χ1) is 18.9. The number of halogens is 2. The van der Waals surface area contributed by atoms with Crippen LogP contribution in [0.5, 0.6) is 5.75 Å². The summed E-state index contributed by atoms with van der Waals surface area (Å²) >= 11 is 8.11. The summed E-state index contributed by atoms with van der Waals surface area (Å²) in [5.41, 5.74) is 5.35. The summed E-state index contributed by atoms with van der Waals surface area (Å²) < 4.78 is 21.6. The predicted octanol–water partition coefficient (Wildman–Crippen LogP) is 7.02. The van der Waals surface area contributed by atoms with Gasteiger partial charge in [-0.3, -0.25) is 4.90 Å². The van der Waals surface area contributed by atoms with Gasteiger partial charge in [-0.2, -0.15) is 4.98 Å². The second kappa shape index (κ2) is 12.6. The summed E-state index contributed by atoms with van der Waals surface area (Å²) in [7, 11) is 3.69. The van der Waals surface area contributed by atoms with Crippen LogP contribution >= 0.6 is 23.5 Å². The van der Waals surface area contributed by atoms with Crippen LogP contribution < -0.4 is 19.7 Å². The molecule has 0 saturated carbocycles. The van der Waals surface area contributed by atoms with Gasteiger partial charge in [0.25, 0.3) is 0 Å². The van der Waals surface area contributed by atoms with E-state index < -0.39 is 6.17 Å². The number of nitrogens with one attached hydrogen (secondary N) is 2. The fraction of sp³-hybridized carbons (Fsp3) is 0.448. The van der Waals surface area contributed by atoms with E-state index in [1.807, 2.05) is 37.6 Å². The highest BCUT2D eigenvalue weighted by Crippen LogP contribution is 2.36. The maximum absolute atomic E-state index is 13.7. The molecule has 1 aliphatic carbocycles. The number of para-hydroxylation sites is 2. The Morgan fingerprint density at radius 2 is 1.90 bits per heavy atom. The van der Waals surface area contributed by atoms with Crippen molar-refractivity contribution in [1.82, 2.24) is 14.9 Å². The Kier molecular flexibility index (Phi) is 8.99. The first-order valence-electron chi connectivity index (χ1n) is 13.5. The number of benzene rings is 2. The second-order valence-corrected chi connectivity index (χ2v) is 11.4. The molecule has 2 heterocycles. The molecular formula is C29H36ClFN6OS. The van der Waals surface area contributed by atoms with Crippen molar-refractivity contribution in [3.05, 3.63) is 58.7 Å². The molecule has 5 rings (SSSR count). The maximum Gasteiger partial charge on any atom is 0.229 e. The summed E-state index contributed by atoms with van der Waals surface area (Å²) in [6.07, 6.45) is 8.45. The van der Waals surface area contributed by atoms with E-state index in [9.17, 15) is 4.39 Å². The first-order valence-corrected chi connectivity index (χ1v) is 15.0. The van der Waals surface area contributed by atoms with Crippen LogP contribution in [-0.2, 0) is 12.8 Å². The number of aromatic nitrogens is 2. The molecule has 7 nitrogen and oxygen atoms in total. The molecule has 2 N–H and O–H groups in total. The second-order valence-electron chi connectivity index (χ2n) is 10.1. The lowest BCUT2D eigenvalue weighted by molar-refractivity contribution is 0.106. The van der Waals surface area contributed by atoms with Crippen LogP contribution in [0.3, 0.4) is 0 Å². The van der Waals surface area contributed by atoms with Crippen molar-refractivity contribution in [2.45, 2.75) is 50.7 Å². The summed E-state index contributed by atoms with van der Waals surface area (Å²) in [6.45, 7) is 1.69. The average molecular weight is 571 g/mol. The molecule has 1 saturated heterocycles. The molecule has 1 aromatic heterocycles. The highest BCUT2D eigenvalue weighted by Gasteiger charge is 2.27. The van der Waals surface area contributed by atoms with E-state index in [0.717, 1.165) is 61.6 Å². The molecule has 2 aliphatic rings. The van der Waals surface area contributed by atoms with Crippen molar-refractivity contribution in [2.75, 3.05) is 48.4 Å². The molecule has 1 fully saturated rings. The van der Waals surface area contributed by atoms with Gasteiger partial charge in [0.05, 0.1) is 30.4 Å². The number of fused-ring (bicyclic) bond motifs is 1. The summed E-state index contributed by atoms with van der Waals surface area (Å²) in [5, 5.41) is 7.16. The molecule has 3 aromatic rings. The summed E-state index contributed by atoms with van der Waals surface area (Å²) in [6, 6.07) is 12.8. The van der Waals surface area contributed by atoms with Crippen LogP contribution in [0.1, 0.15) is 36.8 Å². The van der Waals surface area contributed by atoms with Crippen LogP contribution in [0.15, 0.2) is 42.6 Å². The zero-order valence-electron chi connectivity index (χ0n) is 22.7. The van der Waals surface area contributed by atoms with Gasteiger partial charge in [0.15, 0.2) is 5.82 Å². The van der Waals surface area contributed by atoms with Gasteiger partial charge in [-0.1, -0.05) is 35.7 Å². The predicted molar refractivity (Wildman–Crippen MR) is 161 cm³/mol. The van der Waals surface area contributed by atoms with Crippen molar-refractivity contribution in [3.63, 3.8) is 0 Å². The average Bonchev–Trinajstić information content (AvgIpc) is 3.16. The van der Waals surface area contributed by atoms with E-state index in [4.69, 9.17) is 21.3 Å². The monoisotopic (exact) mass is 570 g/mol. The van der Waals surface area contributed by atoms with Gasteiger partial charge >= 0.3 is 0 Å². The van der Waals surface area contributed by atoms with Gasteiger partial charge < -0.3 is 19.7 Å². The smallest absolute Gasteiger partial charge is 0.229 e. The van der Waals surface area contributed by atoms with Crippen LogP contribution in [-0.4, -0.2) is 60.6 Å². The summed E-state index contributed by atoms with van der Waals surface area (Å²) in [4.78, 5) is 11.6. The van der Waals surface area contributed by atoms with E-state index in [2.05, 4.69) is 37.0 Å². The number of piperidine rings is 1. The Balaban J connectivity index is 1.37. The van der Waals surface area contributed by atoms with E-state index in [1.165, 1.54) is 11.1 Å². The quantitative estimate of drug-likeness (QED) is 0.221. The zero-order valence-corrected chi connectivity index (χ0v) is 24.3. The lowest BCUT2D eigenvalue weighted by Gasteiger charge is -2.35. The van der Waals surface area contributed by atoms with Gasteiger partial charge in [-0.25, -0.2) is 9.37 Å². The molecule has 1 atom stereocenters. The minimum Gasteiger partial charge on any atom is -0.495 e. The van der Waals surface area contributed by atoms with Crippen LogP contribution in [0.4, 0.5) is 33.2 Å². The van der Waals surface area contributed by atoms with Crippen molar-refractivity contribution in [1.29, 1.82) is 0 Å². The third kappa shape index (κ3) is 6.53.